The minimum absolute atomic E-state index is 0.0255. The van der Waals surface area contributed by atoms with E-state index in [-0.39, 0.29) is 23.8 Å². The number of nitrogens with one attached hydrogen (secondary N) is 1. The van der Waals surface area contributed by atoms with E-state index in [0.717, 1.165) is 11.1 Å². The molecule has 35 heavy (non-hydrogen) atoms. The van der Waals surface area contributed by atoms with Gasteiger partial charge in [0.05, 0.1) is 18.2 Å². The highest BCUT2D eigenvalue weighted by atomic mass is 16.5. The van der Waals surface area contributed by atoms with Crippen molar-refractivity contribution in [2.45, 2.75) is 26.5 Å². The summed E-state index contributed by atoms with van der Waals surface area (Å²) < 4.78 is 11.6. The SMILES string of the molecule is CCOc1cc(/C=C(/C#N)C(=O)N[C@H](C)c2ccccc2)ccc1OCc1ccc(C(=O)O)cc1. The highest BCUT2D eigenvalue weighted by Crippen LogP contribution is 2.30. The predicted molar refractivity (Wildman–Crippen MR) is 132 cm³/mol. The number of nitriles is 1. The number of aromatic carboxylic acids is 1. The topological polar surface area (TPSA) is 109 Å². The van der Waals surface area contributed by atoms with Crippen molar-refractivity contribution in [3.63, 3.8) is 0 Å². The normalized spacial score (nSPS) is 11.7. The summed E-state index contributed by atoms with van der Waals surface area (Å²) in [6.45, 7) is 4.32. The van der Waals surface area contributed by atoms with Gasteiger partial charge in [-0.05, 0) is 60.9 Å². The first kappa shape index (κ1) is 25.1. The molecule has 1 atom stereocenters. The molecule has 7 heteroatoms. The second kappa shape index (κ2) is 12.1. The third-order valence-corrected chi connectivity index (χ3v) is 5.19. The molecule has 178 valence electrons. The average molecular weight is 471 g/mol. The number of benzene rings is 3. The highest BCUT2D eigenvalue weighted by Gasteiger charge is 2.15. The van der Waals surface area contributed by atoms with Crippen LogP contribution in [0.2, 0.25) is 0 Å². The van der Waals surface area contributed by atoms with Crippen LogP contribution >= 0.6 is 0 Å². The molecule has 0 aliphatic carbocycles. The summed E-state index contributed by atoms with van der Waals surface area (Å²) in [7, 11) is 0. The molecule has 3 aromatic carbocycles. The van der Waals surface area contributed by atoms with Crippen LogP contribution in [0, 0.1) is 11.3 Å². The molecule has 0 aliphatic heterocycles. The van der Waals surface area contributed by atoms with E-state index in [0.29, 0.717) is 23.7 Å². The molecule has 3 aromatic rings. The van der Waals surface area contributed by atoms with Gasteiger partial charge in [0.25, 0.3) is 5.91 Å². The fourth-order valence-electron chi connectivity index (χ4n) is 3.32. The zero-order valence-corrected chi connectivity index (χ0v) is 19.5. The van der Waals surface area contributed by atoms with Crippen molar-refractivity contribution in [1.29, 1.82) is 5.26 Å². The Kier molecular flexibility index (Phi) is 8.63. The largest absolute Gasteiger partial charge is 0.490 e. The van der Waals surface area contributed by atoms with Crippen molar-refractivity contribution in [3.8, 4) is 17.6 Å². The lowest BCUT2D eigenvalue weighted by atomic mass is 10.1. The summed E-state index contributed by atoms with van der Waals surface area (Å²) in [5.74, 6) is -0.489. The average Bonchev–Trinajstić information content (AvgIpc) is 2.87. The first-order chi connectivity index (χ1) is 16.9. The van der Waals surface area contributed by atoms with Crippen LogP contribution < -0.4 is 14.8 Å². The number of carbonyl (C=O) groups is 2. The maximum absolute atomic E-state index is 12.7. The van der Waals surface area contributed by atoms with Crippen LogP contribution in [-0.4, -0.2) is 23.6 Å². The Bertz CT molecular complexity index is 1240. The summed E-state index contributed by atoms with van der Waals surface area (Å²) in [4.78, 5) is 23.7. The first-order valence-electron chi connectivity index (χ1n) is 11.1. The van der Waals surface area contributed by atoms with E-state index in [1.54, 1.807) is 30.3 Å². The fourth-order valence-corrected chi connectivity index (χ4v) is 3.32. The molecular weight excluding hydrogens is 444 g/mol. The second-order valence-corrected chi connectivity index (χ2v) is 7.71. The smallest absolute Gasteiger partial charge is 0.335 e. The number of carboxylic acids is 1. The summed E-state index contributed by atoms with van der Waals surface area (Å²) in [5, 5.41) is 21.4. The third kappa shape index (κ3) is 6.95. The van der Waals surface area contributed by atoms with E-state index in [1.807, 2.05) is 50.2 Å². The third-order valence-electron chi connectivity index (χ3n) is 5.19. The van der Waals surface area contributed by atoms with Gasteiger partial charge in [0.1, 0.15) is 18.2 Å². The molecule has 7 nitrogen and oxygen atoms in total. The standard InChI is InChI=1S/C28H26N2O5/c1-3-34-26-16-21(11-14-25(26)35-18-20-9-12-23(13-10-20)28(32)33)15-24(17-29)27(31)30-19(2)22-7-5-4-6-8-22/h4-16,19H,3,18H2,1-2H3,(H,30,31)(H,32,33)/b24-15-/t19-/m1/s1. The van der Waals surface area contributed by atoms with E-state index in [2.05, 4.69) is 5.32 Å². The maximum Gasteiger partial charge on any atom is 0.335 e. The van der Waals surface area contributed by atoms with Crippen LogP contribution in [0.15, 0.2) is 78.4 Å². The van der Waals surface area contributed by atoms with E-state index in [1.165, 1.54) is 18.2 Å². The van der Waals surface area contributed by atoms with Crippen LogP contribution in [0.25, 0.3) is 6.08 Å². The van der Waals surface area contributed by atoms with Crippen LogP contribution in [-0.2, 0) is 11.4 Å². The number of nitrogens with zero attached hydrogens (tertiary/aromatic N) is 1. The summed E-state index contributed by atoms with van der Waals surface area (Å²) in [6, 6.07) is 22.8. The number of rotatable bonds is 10. The Morgan fingerprint density at radius 3 is 2.37 bits per heavy atom. The van der Waals surface area contributed by atoms with Crippen molar-refractivity contribution in [2.24, 2.45) is 0 Å². The second-order valence-electron chi connectivity index (χ2n) is 7.71. The Hall–Kier alpha value is -4.57. The van der Waals surface area contributed by atoms with Gasteiger partial charge in [-0.3, -0.25) is 4.79 Å². The molecule has 0 aliphatic rings. The number of carboxylic acid groups (broad SMARTS) is 1. The van der Waals surface area contributed by atoms with Gasteiger partial charge in [0.2, 0.25) is 0 Å². The van der Waals surface area contributed by atoms with Gasteiger partial charge >= 0.3 is 5.97 Å². The van der Waals surface area contributed by atoms with Crippen molar-refractivity contribution in [2.75, 3.05) is 6.61 Å². The van der Waals surface area contributed by atoms with E-state index in [9.17, 15) is 14.9 Å². The van der Waals surface area contributed by atoms with Gasteiger partial charge in [-0.1, -0.05) is 48.5 Å². The first-order valence-corrected chi connectivity index (χ1v) is 11.1. The summed E-state index contributed by atoms with van der Waals surface area (Å²) >= 11 is 0. The summed E-state index contributed by atoms with van der Waals surface area (Å²) in [5.41, 5.74) is 2.54. The number of hydrogen-bond donors (Lipinski definition) is 2. The van der Waals surface area contributed by atoms with Crippen LogP contribution in [0.1, 0.15) is 46.9 Å². The minimum Gasteiger partial charge on any atom is -0.490 e. The van der Waals surface area contributed by atoms with Gasteiger partial charge in [0.15, 0.2) is 11.5 Å². The van der Waals surface area contributed by atoms with E-state index < -0.39 is 11.9 Å². The van der Waals surface area contributed by atoms with Crippen LogP contribution in [0.3, 0.4) is 0 Å². The molecule has 0 aromatic heterocycles. The van der Waals surface area contributed by atoms with Crippen molar-refractivity contribution in [1.82, 2.24) is 5.32 Å². The maximum atomic E-state index is 12.7. The molecule has 0 spiro atoms. The van der Waals surface area contributed by atoms with Gasteiger partial charge in [-0.15, -0.1) is 0 Å². The molecule has 0 heterocycles. The molecule has 0 unspecified atom stereocenters. The van der Waals surface area contributed by atoms with Crippen molar-refractivity contribution < 1.29 is 24.2 Å². The van der Waals surface area contributed by atoms with Gasteiger partial charge in [-0.25, -0.2) is 4.79 Å². The molecule has 3 rings (SSSR count). The summed E-state index contributed by atoms with van der Waals surface area (Å²) in [6.07, 6.45) is 1.50. The zero-order chi connectivity index (χ0) is 25.2. The molecular formula is C28H26N2O5. The molecule has 2 N–H and O–H groups in total. The molecule has 0 saturated carbocycles. The number of carbonyl (C=O) groups excluding carboxylic acids is 1. The molecule has 1 amide bonds. The number of ether oxygens (including phenoxy) is 2. The number of hydrogen-bond acceptors (Lipinski definition) is 5. The lowest BCUT2D eigenvalue weighted by molar-refractivity contribution is -0.117. The number of amides is 1. The molecule has 0 bridgehead atoms. The van der Waals surface area contributed by atoms with Crippen LogP contribution in [0.5, 0.6) is 11.5 Å². The van der Waals surface area contributed by atoms with E-state index in [4.69, 9.17) is 14.6 Å². The Morgan fingerprint density at radius 1 is 1.03 bits per heavy atom. The lowest BCUT2D eigenvalue weighted by Crippen LogP contribution is -2.27. The monoisotopic (exact) mass is 470 g/mol. The van der Waals surface area contributed by atoms with E-state index >= 15 is 0 Å². The van der Waals surface area contributed by atoms with Crippen molar-refractivity contribution in [3.05, 3.63) is 101 Å². The minimum atomic E-state index is -0.986. The zero-order valence-electron chi connectivity index (χ0n) is 19.5. The highest BCUT2D eigenvalue weighted by molar-refractivity contribution is 6.01. The van der Waals surface area contributed by atoms with Gasteiger partial charge < -0.3 is 19.9 Å². The van der Waals surface area contributed by atoms with Gasteiger partial charge in [0, 0.05) is 0 Å². The van der Waals surface area contributed by atoms with Gasteiger partial charge in [-0.2, -0.15) is 5.26 Å². The fraction of sp³-hybridized carbons (Fsp3) is 0.179. The predicted octanol–water partition coefficient (Wildman–Crippen LogP) is 5.15. The molecule has 0 fully saturated rings. The lowest BCUT2D eigenvalue weighted by Gasteiger charge is -2.14. The Balaban J connectivity index is 1.73. The Labute approximate surface area is 204 Å². The Morgan fingerprint density at radius 2 is 1.74 bits per heavy atom. The van der Waals surface area contributed by atoms with Crippen molar-refractivity contribution >= 4 is 18.0 Å². The van der Waals surface area contributed by atoms with Crippen LogP contribution in [0.4, 0.5) is 0 Å². The molecule has 0 radical (unpaired) electrons. The quantitative estimate of drug-likeness (QED) is 0.313. The molecule has 0 saturated heterocycles.